The molecule has 1 aliphatic rings. The molecule has 1 aliphatic carbocycles. The van der Waals surface area contributed by atoms with Crippen molar-refractivity contribution in [3.63, 3.8) is 0 Å². The van der Waals surface area contributed by atoms with Crippen LogP contribution in [0.2, 0.25) is 0 Å². The Morgan fingerprint density at radius 3 is 2.55 bits per heavy atom. The Hall–Kier alpha value is -2.63. The van der Waals surface area contributed by atoms with Crippen molar-refractivity contribution in [2.75, 3.05) is 16.3 Å². The molecule has 0 saturated heterocycles. The molecule has 0 amide bonds. The van der Waals surface area contributed by atoms with Crippen molar-refractivity contribution >= 4 is 60.7 Å². The smallest absolute Gasteiger partial charge is 0.264 e. The molecule has 0 atom stereocenters. The Balaban J connectivity index is 1.45. The first kappa shape index (κ1) is 22.2. The van der Waals surface area contributed by atoms with E-state index in [-0.39, 0.29) is 10.8 Å². The Labute approximate surface area is 200 Å². The summed E-state index contributed by atoms with van der Waals surface area (Å²) < 4.78 is 33.1. The first-order chi connectivity index (χ1) is 15.9. The fourth-order valence-corrected chi connectivity index (χ4v) is 6.60. The van der Waals surface area contributed by atoms with E-state index in [1.807, 2.05) is 6.26 Å². The second-order valence-electron chi connectivity index (χ2n) is 7.93. The van der Waals surface area contributed by atoms with Gasteiger partial charge in [-0.3, -0.25) is 0 Å². The molecule has 3 aromatic heterocycles. The lowest BCUT2D eigenvalue weighted by Crippen LogP contribution is -2.13. The van der Waals surface area contributed by atoms with Gasteiger partial charge in [0.25, 0.3) is 10.0 Å². The maximum atomic E-state index is 12.8. The van der Waals surface area contributed by atoms with E-state index in [2.05, 4.69) is 15.2 Å². The predicted octanol–water partition coefficient (Wildman–Crippen LogP) is 5.44. The summed E-state index contributed by atoms with van der Waals surface area (Å²) in [6.07, 6.45) is 6.47. The van der Waals surface area contributed by atoms with Gasteiger partial charge >= 0.3 is 0 Å². The Kier molecular flexibility index (Phi) is 5.79. The van der Waals surface area contributed by atoms with Gasteiger partial charge in [-0.1, -0.05) is 16.9 Å². The zero-order chi connectivity index (χ0) is 23.2. The van der Waals surface area contributed by atoms with E-state index in [9.17, 15) is 8.42 Å². The molecule has 5 rings (SSSR count). The number of nitrogens with zero attached hydrogens (tertiary/aromatic N) is 3. The molecule has 33 heavy (non-hydrogen) atoms. The number of aryl methyl sites for hydroxylation is 3. The number of hydrogen-bond donors (Lipinski definition) is 2. The number of thioether (sulfide) groups is 1. The number of benzene rings is 1. The molecule has 0 spiro atoms. The maximum Gasteiger partial charge on any atom is 0.264 e. The molecule has 3 heterocycles. The number of nitrogens with one attached hydrogen (secondary N) is 2. The van der Waals surface area contributed by atoms with Gasteiger partial charge in [0.05, 0.1) is 16.0 Å². The second-order valence-corrected chi connectivity index (χ2v) is 11.5. The van der Waals surface area contributed by atoms with Crippen LogP contribution in [0.15, 0.2) is 38.8 Å². The van der Waals surface area contributed by atoms with Crippen LogP contribution in [-0.4, -0.2) is 29.8 Å². The van der Waals surface area contributed by atoms with Crippen molar-refractivity contribution in [3.05, 3.63) is 46.0 Å². The van der Waals surface area contributed by atoms with Crippen molar-refractivity contribution < 1.29 is 12.9 Å². The summed E-state index contributed by atoms with van der Waals surface area (Å²) in [7, 11) is -3.80. The van der Waals surface area contributed by atoms with Gasteiger partial charge in [-0.05, 0) is 75.6 Å². The van der Waals surface area contributed by atoms with Crippen molar-refractivity contribution in [3.8, 4) is 0 Å². The van der Waals surface area contributed by atoms with Crippen LogP contribution in [0, 0.1) is 13.8 Å². The molecular weight excluding hydrogens is 478 g/mol. The number of aromatic nitrogens is 3. The quantitative estimate of drug-likeness (QED) is 0.265. The number of anilines is 3. The maximum absolute atomic E-state index is 12.8. The number of sulfonamides is 1. The zero-order valence-electron chi connectivity index (χ0n) is 18.4. The third kappa shape index (κ3) is 4.20. The average Bonchev–Trinajstić information content (AvgIpc) is 3.34. The lowest BCUT2D eigenvalue weighted by molar-refractivity contribution is 0.430. The largest absolute Gasteiger partial charge is 0.340 e. The molecule has 172 valence electrons. The lowest BCUT2D eigenvalue weighted by Gasteiger charge is -2.13. The fraction of sp³-hybridized carbons (Fsp3) is 0.318. The summed E-state index contributed by atoms with van der Waals surface area (Å²) in [5.41, 5.74) is 3.40. The van der Waals surface area contributed by atoms with E-state index >= 15 is 0 Å². The second kappa shape index (κ2) is 8.62. The van der Waals surface area contributed by atoms with E-state index in [1.54, 1.807) is 49.4 Å². The Morgan fingerprint density at radius 2 is 1.85 bits per heavy atom. The molecule has 8 nitrogen and oxygen atoms in total. The van der Waals surface area contributed by atoms with Gasteiger partial charge in [0, 0.05) is 16.1 Å². The minimum absolute atomic E-state index is 0.130. The lowest BCUT2D eigenvalue weighted by atomic mass is 9.97. The summed E-state index contributed by atoms with van der Waals surface area (Å²) >= 11 is 3.26. The standard InChI is InChI=1S/C22H23N5O3S3/c1-12-13(2)26-30-20(12)27-33(28,29)15-10-8-14(9-11-15)23-19-18-16-6-4-5-7-17(16)32-21(18)25-22(24-19)31-3/h8-11,27H,4-7H2,1-3H3,(H,23,24,25). The fourth-order valence-electron chi connectivity index (χ4n) is 3.87. The van der Waals surface area contributed by atoms with E-state index in [0.29, 0.717) is 16.4 Å². The van der Waals surface area contributed by atoms with E-state index in [1.165, 1.54) is 35.0 Å². The van der Waals surface area contributed by atoms with Gasteiger partial charge in [-0.25, -0.2) is 23.1 Å². The normalized spacial score (nSPS) is 13.8. The topological polar surface area (TPSA) is 110 Å². The molecule has 1 aromatic carbocycles. The zero-order valence-corrected chi connectivity index (χ0v) is 20.9. The summed E-state index contributed by atoms with van der Waals surface area (Å²) in [4.78, 5) is 12.0. The molecule has 0 radical (unpaired) electrons. The average molecular weight is 502 g/mol. The number of hydrogen-bond acceptors (Lipinski definition) is 9. The highest BCUT2D eigenvalue weighted by Crippen LogP contribution is 2.40. The van der Waals surface area contributed by atoms with Gasteiger partial charge in [-0.15, -0.1) is 11.3 Å². The third-order valence-corrected chi connectivity index (χ3v) is 8.87. The first-order valence-electron chi connectivity index (χ1n) is 10.5. The molecule has 11 heteroatoms. The van der Waals surface area contributed by atoms with Crippen LogP contribution in [-0.2, 0) is 22.9 Å². The Bertz CT molecular complexity index is 1440. The molecule has 0 aliphatic heterocycles. The van der Waals surface area contributed by atoms with Crippen LogP contribution in [0.4, 0.5) is 17.4 Å². The highest BCUT2D eigenvalue weighted by molar-refractivity contribution is 7.98. The van der Waals surface area contributed by atoms with Crippen LogP contribution in [0.3, 0.4) is 0 Å². The molecule has 4 aromatic rings. The van der Waals surface area contributed by atoms with E-state index < -0.39 is 10.0 Å². The summed E-state index contributed by atoms with van der Waals surface area (Å²) in [5.74, 6) is 0.898. The number of thiophene rings is 1. The van der Waals surface area contributed by atoms with E-state index in [0.717, 1.165) is 34.6 Å². The summed E-state index contributed by atoms with van der Waals surface area (Å²) in [6.45, 7) is 3.51. The highest BCUT2D eigenvalue weighted by atomic mass is 32.2. The van der Waals surface area contributed by atoms with Gasteiger partial charge in [0.2, 0.25) is 5.88 Å². The molecule has 0 bridgehead atoms. The van der Waals surface area contributed by atoms with Gasteiger partial charge < -0.3 is 9.84 Å². The molecule has 0 saturated carbocycles. The van der Waals surface area contributed by atoms with Gasteiger partial charge in [-0.2, -0.15) is 0 Å². The molecule has 2 N–H and O–H groups in total. The van der Waals surface area contributed by atoms with Crippen LogP contribution in [0.25, 0.3) is 10.2 Å². The highest BCUT2D eigenvalue weighted by Gasteiger charge is 2.22. The van der Waals surface area contributed by atoms with Crippen LogP contribution < -0.4 is 10.0 Å². The molecule has 0 fully saturated rings. The van der Waals surface area contributed by atoms with Crippen LogP contribution in [0.5, 0.6) is 0 Å². The number of fused-ring (bicyclic) bond motifs is 3. The van der Waals surface area contributed by atoms with Crippen molar-refractivity contribution in [2.24, 2.45) is 0 Å². The minimum Gasteiger partial charge on any atom is -0.340 e. The summed E-state index contributed by atoms with van der Waals surface area (Å²) in [6, 6.07) is 6.58. The predicted molar refractivity (Wildman–Crippen MR) is 132 cm³/mol. The summed E-state index contributed by atoms with van der Waals surface area (Å²) in [5, 5.41) is 8.99. The van der Waals surface area contributed by atoms with Crippen molar-refractivity contribution in [1.82, 2.24) is 15.1 Å². The SMILES string of the molecule is CSc1nc(Nc2ccc(S(=O)(=O)Nc3onc(C)c3C)cc2)c2c3c(sc2n1)CCCC3. The first-order valence-corrected chi connectivity index (χ1v) is 14.1. The van der Waals surface area contributed by atoms with E-state index in [4.69, 9.17) is 14.5 Å². The molecular formula is C22H23N5O3S3. The third-order valence-electron chi connectivity index (χ3n) is 5.79. The van der Waals surface area contributed by atoms with Gasteiger partial charge in [0.1, 0.15) is 10.6 Å². The number of rotatable bonds is 6. The van der Waals surface area contributed by atoms with Crippen molar-refractivity contribution in [1.29, 1.82) is 0 Å². The van der Waals surface area contributed by atoms with Crippen LogP contribution in [0.1, 0.15) is 34.5 Å². The Morgan fingerprint density at radius 1 is 1.09 bits per heavy atom. The van der Waals surface area contributed by atoms with Crippen LogP contribution >= 0.6 is 23.1 Å². The minimum atomic E-state index is -3.80. The monoisotopic (exact) mass is 501 g/mol. The van der Waals surface area contributed by atoms with Crippen molar-refractivity contribution in [2.45, 2.75) is 49.6 Å². The molecule has 0 unspecified atom stereocenters. The van der Waals surface area contributed by atoms with Gasteiger partial charge in [0.15, 0.2) is 5.16 Å².